The molecule has 1 aliphatic heterocycles. The van der Waals surface area contributed by atoms with Crippen molar-refractivity contribution in [2.75, 3.05) is 0 Å². The molecular weight excluding hydrogens is 268 g/mol. The molecule has 0 radical (unpaired) electrons. The second-order valence-corrected chi connectivity index (χ2v) is 5.86. The molecule has 8 nitrogen and oxygen atoms in total. The fraction of sp³-hybridized carbons (Fsp3) is 0.556. The van der Waals surface area contributed by atoms with Gasteiger partial charge in [-0.05, 0) is 0 Å². The highest BCUT2D eigenvalue weighted by Gasteiger charge is 2.61. The van der Waals surface area contributed by atoms with Crippen LogP contribution in [0.15, 0.2) is 12.2 Å². The summed E-state index contributed by atoms with van der Waals surface area (Å²) in [5, 5.41) is -1.16. The molecule has 0 amide bonds. The van der Waals surface area contributed by atoms with E-state index in [0.29, 0.717) is 0 Å². The van der Waals surface area contributed by atoms with Gasteiger partial charge in [0.15, 0.2) is 12.2 Å². The monoisotopic (exact) mass is 276 g/mol. The van der Waals surface area contributed by atoms with Gasteiger partial charge in [-0.3, -0.25) is 4.55 Å². The molecular formula is C9H8O8S. The van der Waals surface area contributed by atoms with Crippen LogP contribution >= 0.6 is 0 Å². The topological polar surface area (TPSA) is 116 Å². The Morgan fingerprint density at radius 2 is 1.44 bits per heavy atom. The van der Waals surface area contributed by atoms with Crippen LogP contribution in [0.3, 0.4) is 0 Å². The van der Waals surface area contributed by atoms with Crippen LogP contribution in [0.1, 0.15) is 0 Å². The summed E-state index contributed by atoms with van der Waals surface area (Å²) in [6.07, 6.45) is -1.32. The van der Waals surface area contributed by atoms with Crippen molar-refractivity contribution in [2.24, 2.45) is 11.8 Å². The van der Waals surface area contributed by atoms with Gasteiger partial charge in [0.25, 0.3) is 10.1 Å². The van der Waals surface area contributed by atoms with E-state index in [1.807, 2.05) is 0 Å². The largest absolute Gasteiger partial charge is 0.519 e. The average molecular weight is 276 g/mol. The Bertz CT molecular complexity index is 517. The summed E-state index contributed by atoms with van der Waals surface area (Å²) in [6, 6.07) is 0. The van der Waals surface area contributed by atoms with E-state index in [2.05, 4.69) is 4.74 Å². The van der Waals surface area contributed by atoms with Crippen LogP contribution in [-0.2, 0) is 24.3 Å². The zero-order valence-corrected chi connectivity index (χ0v) is 9.57. The number of cyclic esters (lactones) is 2. The second kappa shape index (κ2) is 3.45. The highest BCUT2D eigenvalue weighted by molar-refractivity contribution is 7.86. The molecule has 0 spiro atoms. The van der Waals surface area contributed by atoms with Crippen molar-refractivity contribution in [3.05, 3.63) is 12.2 Å². The summed E-state index contributed by atoms with van der Waals surface area (Å²) in [5.41, 5.74) is 0. The highest BCUT2D eigenvalue weighted by Crippen LogP contribution is 2.47. The van der Waals surface area contributed by atoms with Crippen LogP contribution in [0.4, 0.5) is 9.59 Å². The molecule has 1 saturated heterocycles. The first kappa shape index (κ1) is 11.5. The van der Waals surface area contributed by atoms with Gasteiger partial charge >= 0.3 is 12.3 Å². The molecule has 2 bridgehead atoms. The lowest BCUT2D eigenvalue weighted by molar-refractivity contribution is 0.00826. The first-order chi connectivity index (χ1) is 8.38. The van der Waals surface area contributed by atoms with Crippen LogP contribution in [-0.4, -0.2) is 42.7 Å². The van der Waals surface area contributed by atoms with Crippen LogP contribution in [0.5, 0.6) is 0 Å². The van der Waals surface area contributed by atoms with E-state index in [1.165, 1.54) is 12.2 Å². The van der Waals surface area contributed by atoms with Gasteiger partial charge in [-0.15, -0.1) is 0 Å². The minimum atomic E-state index is -4.33. The molecule has 1 heterocycles. The SMILES string of the molecule is O=C1OC(=O)OC2C3C=CC(C2O1)C3S(=O)(=O)O. The zero-order chi connectivity index (χ0) is 13.1. The first-order valence-corrected chi connectivity index (χ1v) is 6.62. The third-order valence-corrected chi connectivity index (χ3v) is 4.69. The minimum Gasteiger partial charge on any atom is -0.426 e. The van der Waals surface area contributed by atoms with Crippen LogP contribution in [0.2, 0.25) is 0 Å². The predicted octanol–water partition coefficient (Wildman–Crippen LogP) is 0.0992. The lowest BCUT2D eigenvalue weighted by atomic mass is 10.0. The van der Waals surface area contributed by atoms with Gasteiger partial charge in [-0.2, -0.15) is 8.42 Å². The molecule has 0 aromatic carbocycles. The second-order valence-electron chi connectivity index (χ2n) is 4.29. The zero-order valence-electron chi connectivity index (χ0n) is 8.75. The number of hydrogen-bond donors (Lipinski definition) is 1. The Labute approximate surface area is 101 Å². The van der Waals surface area contributed by atoms with E-state index >= 15 is 0 Å². The summed E-state index contributed by atoms with van der Waals surface area (Å²) in [6.45, 7) is 0. The summed E-state index contributed by atoms with van der Waals surface area (Å²) in [5.74, 6) is -1.48. The van der Waals surface area contributed by atoms with Gasteiger partial charge in [0, 0.05) is 11.8 Å². The van der Waals surface area contributed by atoms with Gasteiger partial charge < -0.3 is 14.2 Å². The van der Waals surface area contributed by atoms with Gasteiger partial charge in [-0.25, -0.2) is 9.59 Å². The Balaban J connectivity index is 1.99. The summed E-state index contributed by atoms with van der Waals surface area (Å²) >= 11 is 0. The predicted molar refractivity (Wildman–Crippen MR) is 53.1 cm³/mol. The third-order valence-electron chi connectivity index (χ3n) is 3.37. The van der Waals surface area contributed by atoms with E-state index in [9.17, 15) is 18.0 Å². The summed E-state index contributed by atoms with van der Waals surface area (Å²) in [4.78, 5) is 22.2. The van der Waals surface area contributed by atoms with E-state index in [-0.39, 0.29) is 0 Å². The molecule has 2 aliphatic carbocycles. The molecule has 1 saturated carbocycles. The van der Waals surface area contributed by atoms with Crippen molar-refractivity contribution in [3.63, 3.8) is 0 Å². The van der Waals surface area contributed by atoms with E-state index in [1.54, 1.807) is 0 Å². The maximum absolute atomic E-state index is 11.3. The molecule has 4 atom stereocenters. The van der Waals surface area contributed by atoms with Crippen molar-refractivity contribution in [1.29, 1.82) is 0 Å². The van der Waals surface area contributed by atoms with E-state index in [0.717, 1.165) is 0 Å². The molecule has 9 heteroatoms. The normalized spacial score (nSPS) is 41.7. The molecule has 18 heavy (non-hydrogen) atoms. The maximum atomic E-state index is 11.3. The molecule has 3 aliphatic rings. The molecule has 0 aromatic rings. The number of rotatable bonds is 1. The molecule has 98 valence electrons. The Kier molecular flexibility index (Phi) is 2.20. The average Bonchev–Trinajstić information content (AvgIpc) is 2.71. The molecule has 0 aromatic heterocycles. The number of ether oxygens (including phenoxy) is 3. The van der Waals surface area contributed by atoms with Gasteiger partial charge in [0.05, 0.1) is 0 Å². The van der Waals surface area contributed by atoms with Crippen molar-refractivity contribution in [1.82, 2.24) is 0 Å². The van der Waals surface area contributed by atoms with Crippen LogP contribution < -0.4 is 0 Å². The van der Waals surface area contributed by atoms with E-state index in [4.69, 9.17) is 14.0 Å². The van der Waals surface area contributed by atoms with Crippen molar-refractivity contribution >= 4 is 22.4 Å². The first-order valence-electron chi connectivity index (χ1n) is 5.11. The minimum absolute atomic E-state index is 0.742. The molecule has 2 fully saturated rings. The van der Waals surface area contributed by atoms with Crippen molar-refractivity contribution in [2.45, 2.75) is 17.5 Å². The Hall–Kier alpha value is -1.61. The number of carbonyl (C=O) groups is 2. The fourth-order valence-electron chi connectivity index (χ4n) is 2.79. The number of hydrogen-bond acceptors (Lipinski definition) is 7. The molecule has 4 unspecified atom stereocenters. The van der Waals surface area contributed by atoms with Crippen molar-refractivity contribution in [3.8, 4) is 0 Å². The maximum Gasteiger partial charge on any atom is 0.519 e. The Morgan fingerprint density at radius 1 is 1.00 bits per heavy atom. The molecule has 3 rings (SSSR count). The fourth-order valence-corrected chi connectivity index (χ4v) is 4.08. The Morgan fingerprint density at radius 3 is 1.83 bits per heavy atom. The number of fused-ring (bicyclic) bond motifs is 5. The van der Waals surface area contributed by atoms with Gasteiger partial charge in [0.1, 0.15) is 5.25 Å². The van der Waals surface area contributed by atoms with Crippen molar-refractivity contribution < 1.29 is 36.8 Å². The lowest BCUT2D eigenvalue weighted by Crippen LogP contribution is -2.34. The lowest BCUT2D eigenvalue weighted by Gasteiger charge is -2.21. The highest BCUT2D eigenvalue weighted by atomic mass is 32.2. The standard InChI is InChI=1S/C9H8O8S/c10-8-15-5-3-1-2-4(7(3)18(12,13)14)6(5)16-9(11)17-8/h1-7H,(H,12,13,14). The summed E-state index contributed by atoms with van der Waals surface area (Å²) in [7, 11) is -4.33. The summed E-state index contributed by atoms with van der Waals surface area (Å²) < 4.78 is 45.5. The molecule has 1 N–H and O–H groups in total. The van der Waals surface area contributed by atoms with Crippen LogP contribution in [0, 0.1) is 11.8 Å². The third kappa shape index (κ3) is 1.51. The van der Waals surface area contributed by atoms with Gasteiger partial charge in [-0.1, -0.05) is 12.2 Å². The quantitative estimate of drug-likeness (QED) is 0.310. The van der Waals surface area contributed by atoms with Crippen LogP contribution in [0.25, 0.3) is 0 Å². The number of carbonyl (C=O) groups excluding carboxylic acids is 2. The van der Waals surface area contributed by atoms with Gasteiger partial charge in [0.2, 0.25) is 0 Å². The van der Waals surface area contributed by atoms with E-state index < -0.39 is 51.7 Å². The smallest absolute Gasteiger partial charge is 0.426 e.